The number of anilines is 1. The number of para-hydroxylation sites is 1. The molecule has 6 rings (SSSR count). The van der Waals surface area contributed by atoms with E-state index in [0.29, 0.717) is 37.1 Å². The highest BCUT2D eigenvalue weighted by Gasteiger charge is 2.42. The van der Waals surface area contributed by atoms with Gasteiger partial charge in [-0.3, -0.25) is 19.7 Å². The number of halogens is 5. The zero-order chi connectivity index (χ0) is 33.3. The summed E-state index contributed by atoms with van der Waals surface area (Å²) in [7, 11) is 0. The number of hydrogen-bond acceptors (Lipinski definition) is 8. The molecule has 1 fully saturated rings. The Morgan fingerprint density at radius 2 is 1.85 bits per heavy atom. The average molecular weight is 671 g/mol. The second kappa shape index (κ2) is 12.8. The molecule has 9 nitrogen and oxygen atoms in total. The van der Waals surface area contributed by atoms with Crippen molar-refractivity contribution < 1.29 is 36.3 Å². The Morgan fingerprint density at radius 1 is 1.11 bits per heavy atom. The summed E-state index contributed by atoms with van der Waals surface area (Å²) in [6.07, 6.45) is -0.593. The largest absolute Gasteiger partial charge is 0.491 e. The maximum atomic E-state index is 13.7. The number of likely N-dealkylation sites (tertiary alicyclic amines) is 1. The number of rotatable bonds is 7. The van der Waals surface area contributed by atoms with Crippen molar-refractivity contribution in [1.82, 2.24) is 19.7 Å². The van der Waals surface area contributed by atoms with Crippen molar-refractivity contribution in [1.29, 1.82) is 5.26 Å². The summed E-state index contributed by atoms with van der Waals surface area (Å²) < 4.78 is 73.4. The number of aromatic nitrogens is 3. The smallest absolute Gasteiger partial charge is 0.419 e. The van der Waals surface area contributed by atoms with E-state index in [9.17, 15) is 31.5 Å². The van der Waals surface area contributed by atoms with Crippen LogP contribution in [0, 0.1) is 11.3 Å². The third kappa shape index (κ3) is 7.34. The van der Waals surface area contributed by atoms with Gasteiger partial charge in [0, 0.05) is 54.2 Å². The van der Waals surface area contributed by atoms with Crippen LogP contribution in [0.2, 0.25) is 0 Å². The number of carbonyl (C=O) groups is 2. The molecule has 2 aromatic carbocycles. The van der Waals surface area contributed by atoms with Crippen molar-refractivity contribution >= 4 is 28.3 Å². The van der Waals surface area contributed by atoms with Crippen molar-refractivity contribution in [3.63, 3.8) is 0 Å². The fraction of sp³-hybridized carbons (Fsp3) is 0.344. The second-order valence-corrected chi connectivity index (χ2v) is 12.5. The van der Waals surface area contributed by atoms with Gasteiger partial charge < -0.3 is 4.74 Å². The number of amides is 1. The van der Waals surface area contributed by atoms with Gasteiger partial charge in [0.2, 0.25) is 0 Å². The Morgan fingerprint density at radius 3 is 2.55 bits per heavy atom. The molecule has 1 unspecified atom stereocenters. The van der Waals surface area contributed by atoms with Gasteiger partial charge in [0.25, 0.3) is 11.8 Å². The molecule has 2 aliphatic rings. The zero-order valence-electron chi connectivity index (χ0n) is 24.7. The van der Waals surface area contributed by atoms with Crippen molar-refractivity contribution in [3.8, 4) is 22.9 Å². The number of ether oxygens (including phenoxy) is 1. The van der Waals surface area contributed by atoms with Crippen LogP contribution in [0.25, 0.3) is 11.1 Å². The van der Waals surface area contributed by atoms with Gasteiger partial charge in [-0.2, -0.15) is 23.5 Å². The number of fused-ring (bicyclic) bond motifs is 1. The molecule has 4 aromatic rings. The number of esters is 1. The molecule has 15 heteroatoms. The van der Waals surface area contributed by atoms with Gasteiger partial charge in [-0.25, -0.2) is 18.6 Å². The monoisotopic (exact) mass is 670 g/mol. The van der Waals surface area contributed by atoms with E-state index in [0.717, 1.165) is 22.6 Å². The lowest BCUT2D eigenvalue weighted by atomic mass is 9.94. The standard InChI is InChI=1S/C32H27F5N6O3S/c33-31(34)10-12-42(13-11-31)23-8-9-25-26(14-23)47-30(40-25)41-28(44)24-3-1-2-21(27(24)46-29(45)32(35,36)37)17-43-18-22(16-39-43)20-6-4-19(15-38)5-7-20/h1-7,16,18,23H,8-14,17H2,(H,40,41,44). The van der Waals surface area contributed by atoms with Crippen LogP contribution in [0.4, 0.5) is 27.1 Å². The Labute approximate surface area is 269 Å². The third-order valence-corrected chi connectivity index (χ3v) is 9.30. The number of alkyl halides is 5. The minimum atomic E-state index is -5.32. The van der Waals surface area contributed by atoms with Crippen LogP contribution in [0.3, 0.4) is 0 Å². The van der Waals surface area contributed by atoms with E-state index in [-0.39, 0.29) is 41.7 Å². The number of aryl methyl sites for hydroxylation is 1. The number of thiazole rings is 1. The quantitative estimate of drug-likeness (QED) is 0.141. The number of piperidine rings is 1. The van der Waals surface area contributed by atoms with Gasteiger partial charge in [0.1, 0.15) is 5.75 Å². The number of nitriles is 1. The first-order chi connectivity index (χ1) is 22.4. The van der Waals surface area contributed by atoms with Crippen molar-refractivity contribution in [2.75, 3.05) is 18.4 Å². The summed E-state index contributed by atoms with van der Waals surface area (Å²) >= 11 is 1.22. The van der Waals surface area contributed by atoms with Crippen molar-refractivity contribution in [2.45, 2.75) is 56.8 Å². The number of hydrogen-bond donors (Lipinski definition) is 1. The Kier molecular flexibility index (Phi) is 8.82. The first-order valence-electron chi connectivity index (χ1n) is 14.7. The van der Waals surface area contributed by atoms with E-state index in [4.69, 9.17) is 10.00 Å². The summed E-state index contributed by atoms with van der Waals surface area (Å²) in [6, 6.07) is 13.0. The maximum Gasteiger partial charge on any atom is 0.491 e. The molecule has 244 valence electrons. The normalized spacial score (nSPS) is 17.8. The molecule has 0 radical (unpaired) electrons. The molecule has 0 saturated carbocycles. The highest BCUT2D eigenvalue weighted by molar-refractivity contribution is 7.15. The van der Waals surface area contributed by atoms with Gasteiger partial charge in [-0.05, 0) is 43.0 Å². The molecule has 0 bridgehead atoms. The average Bonchev–Trinajstić information content (AvgIpc) is 3.67. The lowest BCUT2D eigenvalue weighted by Crippen LogP contribution is -2.46. The van der Waals surface area contributed by atoms with E-state index in [2.05, 4.69) is 20.3 Å². The summed E-state index contributed by atoms with van der Waals surface area (Å²) in [6.45, 7) is 0.480. The van der Waals surface area contributed by atoms with Crippen LogP contribution < -0.4 is 10.1 Å². The third-order valence-electron chi connectivity index (χ3n) is 8.26. The predicted octanol–water partition coefficient (Wildman–Crippen LogP) is 6.23. The predicted molar refractivity (Wildman–Crippen MR) is 161 cm³/mol. The van der Waals surface area contributed by atoms with Gasteiger partial charge in [-0.15, -0.1) is 11.3 Å². The zero-order valence-corrected chi connectivity index (χ0v) is 25.5. The molecule has 1 aliphatic heterocycles. The molecule has 1 amide bonds. The van der Waals surface area contributed by atoms with Gasteiger partial charge in [0.05, 0.1) is 35.6 Å². The molecule has 1 N–H and O–H groups in total. The Bertz CT molecular complexity index is 1840. The van der Waals surface area contributed by atoms with E-state index in [1.807, 2.05) is 6.07 Å². The molecule has 3 heterocycles. The molecule has 1 atom stereocenters. The Balaban J connectivity index is 1.21. The molecule has 2 aromatic heterocycles. The number of carbonyl (C=O) groups excluding carboxylic acids is 2. The highest BCUT2D eigenvalue weighted by atomic mass is 32.1. The fourth-order valence-electron chi connectivity index (χ4n) is 5.77. The number of nitrogens with one attached hydrogen (secondary N) is 1. The molecular formula is C32H27F5N6O3S. The topological polar surface area (TPSA) is 113 Å². The number of benzene rings is 2. The fourth-order valence-corrected chi connectivity index (χ4v) is 6.85. The van der Waals surface area contributed by atoms with Crippen LogP contribution in [-0.4, -0.2) is 62.8 Å². The minimum absolute atomic E-state index is 0.0763. The number of nitrogens with zero attached hydrogens (tertiary/aromatic N) is 5. The summed E-state index contributed by atoms with van der Waals surface area (Å²) in [5.74, 6) is -6.51. The van der Waals surface area contributed by atoms with Crippen LogP contribution in [-0.2, 0) is 24.2 Å². The second-order valence-electron chi connectivity index (χ2n) is 11.4. The summed E-state index contributed by atoms with van der Waals surface area (Å²) in [5, 5.41) is 16.2. The minimum Gasteiger partial charge on any atom is -0.419 e. The summed E-state index contributed by atoms with van der Waals surface area (Å²) in [4.78, 5) is 32.9. The van der Waals surface area contributed by atoms with Crippen LogP contribution in [0.15, 0.2) is 54.9 Å². The molecule has 1 saturated heterocycles. The first kappa shape index (κ1) is 32.3. The SMILES string of the molecule is N#Cc1ccc(-c2cnn(Cc3cccc(C(=O)Nc4nc5c(s4)CC(N4CCC(F)(F)CC4)CC5)c3OC(=O)C(F)(F)F)c2)cc1. The van der Waals surface area contributed by atoms with E-state index >= 15 is 0 Å². The maximum absolute atomic E-state index is 13.7. The van der Waals surface area contributed by atoms with E-state index in [1.54, 1.807) is 30.5 Å². The molecule has 0 spiro atoms. The van der Waals surface area contributed by atoms with E-state index in [1.165, 1.54) is 40.4 Å². The van der Waals surface area contributed by atoms with Crippen LogP contribution in [0.5, 0.6) is 5.75 Å². The van der Waals surface area contributed by atoms with E-state index < -0.39 is 29.7 Å². The molecule has 1 aliphatic carbocycles. The van der Waals surface area contributed by atoms with Gasteiger partial charge >= 0.3 is 12.1 Å². The summed E-state index contributed by atoms with van der Waals surface area (Å²) in [5.41, 5.74) is 2.46. The van der Waals surface area contributed by atoms with Crippen LogP contribution in [0.1, 0.15) is 51.3 Å². The molecular weight excluding hydrogens is 643 g/mol. The first-order valence-corrected chi connectivity index (χ1v) is 15.6. The Hall–Kier alpha value is -4.68. The van der Waals surface area contributed by atoms with Gasteiger partial charge in [0.15, 0.2) is 5.13 Å². The lowest BCUT2D eigenvalue weighted by Gasteiger charge is -2.38. The molecule has 47 heavy (non-hydrogen) atoms. The van der Waals surface area contributed by atoms with Crippen molar-refractivity contribution in [2.24, 2.45) is 0 Å². The van der Waals surface area contributed by atoms with Crippen molar-refractivity contribution in [3.05, 3.63) is 82.1 Å². The lowest BCUT2D eigenvalue weighted by molar-refractivity contribution is -0.189. The highest BCUT2D eigenvalue weighted by Crippen LogP contribution is 2.36. The van der Waals surface area contributed by atoms with Gasteiger partial charge in [-0.1, -0.05) is 24.3 Å². The van der Waals surface area contributed by atoms with Crippen LogP contribution >= 0.6 is 11.3 Å².